The standard InChI is InChI=1S/C15H20FNO3/c1-18-14-11(16)8-12-15(20-7-3-6-19-12)13(14)10-4-2-5-17-9-10/h8,10,17H,2-7,9H2,1H3. The fourth-order valence-corrected chi connectivity index (χ4v) is 2.96. The van der Waals surface area contributed by atoms with Crippen LogP contribution in [0.4, 0.5) is 4.39 Å². The molecule has 2 heterocycles. The molecule has 0 saturated carbocycles. The van der Waals surface area contributed by atoms with Crippen molar-refractivity contribution in [2.45, 2.75) is 25.2 Å². The van der Waals surface area contributed by atoms with Gasteiger partial charge >= 0.3 is 0 Å². The summed E-state index contributed by atoms with van der Waals surface area (Å²) in [7, 11) is 1.50. The summed E-state index contributed by atoms with van der Waals surface area (Å²) in [6, 6.07) is 1.37. The number of ether oxygens (including phenoxy) is 3. The lowest BCUT2D eigenvalue weighted by Gasteiger charge is -2.27. The molecule has 1 aromatic carbocycles. The SMILES string of the molecule is COc1c(F)cc2c(c1C1CCCNC1)OCCCO2. The number of hydrogen-bond acceptors (Lipinski definition) is 4. The monoisotopic (exact) mass is 281 g/mol. The molecule has 4 nitrogen and oxygen atoms in total. The van der Waals surface area contributed by atoms with E-state index in [1.807, 2.05) is 0 Å². The minimum atomic E-state index is -0.377. The van der Waals surface area contributed by atoms with Gasteiger partial charge in [-0.2, -0.15) is 0 Å². The lowest BCUT2D eigenvalue weighted by molar-refractivity contribution is 0.293. The summed E-state index contributed by atoms with van der Waals surface area (Å²) in [6.45, 7) is 2.97. The van der Waals surface area contributed by atoms with Crippen molar-refractivity contribution in [1.29, 1.82) is 0 Å². The third kappa shape index (κ3) is 2.42. The van der Waals surface area contributed by atoms with Gasteiger partial charge in [0.1, 0.15) is 0 Å². The van der Waals surface area contributed by atoms with E-state index in [1.165, 1.54) is 13.2 Å². The Bertz CT molecular complexity index is 486. The van der Waals surface area contributed by atoms with Crippen molar-refractivity contribution in [2.24, 2.45) is 0 Å². The molecule has 2 aliphatic heterocycles. The van der Waals surface area contributed by atoms with Crippen LogP contribution in [0.15, 0.2) is 6.07 Å². The summed E-state index contributed by atoms with van der Waals surface area (Å²) < 4.78 is 31.0. The molecule has 20 heavy (non-hydrogen) atoms. The van der Waals surface area contributed by atoms with Crippen molar-refractivity contribution in [1.82, 2.24) is 5.32 Å². The first-order valence-electron chi connectivity index (χ1n) is 7.18. The van der Waals surface area contributed by atoms with Crippen molar-refractivity contribution in [3.63, 3.8) is 0 Å². The molecule has 1 atom stereocenters. The largest absolute Gasteiger partial charge is 0.493 e. The van der Waals surface area contributed by atoms with Gasteiger partial charge in [-0.3, -0.25) is 0 Å². The van der Waals surface area contributed by atoms with Crippen LogP contribution in [0.1, 0.15) is 30.7 Å². The van der Waals surface area contributed by atoms with E-state index in [0.29, 0.717) is 30.5 Å². The molecule has 0 radical (unpaired) electrons. The van der Waals surface area contributed by atoms with Gasteiger partial charge in [0.15, 0.2) is 23.1 Å². The third-order valence-electron chi connectivity index (χ3n) is 3.89. The molecule has 1 aromatic rings. The Hall–Kier alpha value is -1.49. The molecule has 1 fully saturated rings. The van der Waals surface area contributed by atoms with Gasteiger partial charge in [0.2, 0.25) is 0 Å². The van der Waals surface area contributed by atoms with Gasteiger partial charge in [-0.05, 0) is 19.4 Å². The first-order chi connectivity index (χ1) is 9.81. The highest BCUT2D eigenvalue weighted by molar-refractivity contribution is 5.57. The molecule has 0 amide bonds. The van der Waals surface area contributed by atoms with E-state index in [1.54, 1.807) is 0 Å². The van der Waals surface area contributed by atoms with Crippen molar-refractivity contribution in [2.75, 3.05) is 33.4 Å². The molecule has 1 N–H and O–H groups in total. The van der Waals surface area contributed by atoms with E-state index >= 15 is 0 Å². The van der Waals surface area contributed by atoms with Crippen LogP contribution in [0, 0.1) is 5.82 Å². The summed E-state index contributed by atoms with van der Waals surface area (Å²) in [5.41, 5.74) is 0.816. The van der Waals surface area contributed by atoms with Crippen LogP contribution < -0.4 is 19.5 Å². The van der Waals surface area contributed by atoms with Gasteiger partial charge < -0.3 is 19.5 Å². The number of fused-ring (bicyclic) bond motifs is 1. The molecule has 0 aliphatic carbocycles. The number of halogens is 1. The zero-order chi connectivity index (χ0) is 13.9. The minimum absolute atomic E-state index is 0.199. The van der Waals surface area contributed by atoms with Crippen LogP contribution in [0.2, 0.25) is 0 Å². The fourth-order valence-electron chi connectivity index (χ4n) is 2.96. The van der Waals surface area contributed by atoms with Crippen LogP contribution in [0.3, 0.4) is 0 Å². The summed E-state index contributed by atoms with van der Waals surface area (Å²) in [6.07, 6.45) is 2.88. The van der Waals surface area contributed by atoms with Gasteiger partial charge in [-0.15, -0.1) is 0 Å². The number of hydrogen-bond donors (Lipinski definition) is 1. The van der Waals surface area contributed by atoms with Crippen molar-refractivity contribution >= 4 is 0 Å². The quantitative estimate of drug-likeness (QED) is 0.904. The van der Waals surface area contributed by atoms with Crippen molar-refractivity contribution in [3.05, 3.63) is 17.4 Å². The summed E-state index contributed by atoms with van der Waals surface area (Å²) in [5.74, 6) is 1.28. The average molecular weight is 281 g/mol. The highest BCUT2D eigenvalue weighted by atomic mass is 19.1. The Kier molecular flexibility index (Phi) is 3.96. The van der Waals surface area contributed by atoms with Crippen LogP contribution in [-0.2, 0) is 0 Å². The summed E-state index contributed by atoms with van der Waals surface area (Å²) in [5, 5.41) is 3.35. The number of methoxy groups -OCH3 is 1. The molecule has 1 unspecified atom stereocenters. The smallest absolute Gasteiger partial charge is 0.169 e. The second-order valence-corrected chi connectivity index (χ2v) is 5.23. The molecule has 0 spiro atoms. The molecular weight excluding hydrogens is 261 g/mol. The molecule has 5 heteroatoms. The Morgan fingerprint density at radius 1 is 1.30 bits per heavy atom. The van der Waals surface area contributed by atoms with E-state index in [0.717, 1.165) is 37.9 Å². The molecule has 3 rings (SSSR count). The normalized spacial score (nSPS) is 22.2. The molecule has 2 aliphatic rings. The Morgan fingerprint density at radius 2 is 2.15 bits per heavy atom. The van der Waals surface area contributed by atoms with Crippen LogP contribution in [0.25, 0.3) is 0 Å². The number of benzene rings is 1. The number of piperidine rings is 1. The van der Waals surface area contributed by atoms with Gasteiger partial charge in [-0.25, -0.2) is 4.39 Å². The summed E-state index contributed by atoms with van der Waals surface area (Å²) in [4.78, 5) is 0. The number of nitrogens with one attached hydrogen (secondary N) is 1. The topological polar surface area (TPSA) is 39.7 Å². The fraction of sp³-hybridized carbons (Fsp3) is 0.600. The zero-order valence-electron chi connectivity index (χ0n) is 11.7. The van der Waals surface area contributed by atoms with Crippen LogP contribution in [0.5, 0.6) is 17.2 Å². The first-order valence-corrected chi connectivity index (χ1v) is 7.18. The van der Waals surface area contributed by atoms with E-state index in [2.05, 4.69) is 5.32 Å². The minimum Gasteiger partial charge on any atom is -0.493 e. The van der Waals surface area contributed by atoms with E-state index in [-0.39, 0.29) is 11.7 Å². The lowest BCUT2D eigenvalue weighted by Crippen LogP contribution is -2.29. The maximum atomic E-state index is 14.2. The Morgan fingerprint density at radius 3 is 2.90 bits per heavy atom. The second-order valence-electron chi connectivity index (χ2n) is 5.23. The second kappa shape index (κ2) is 5.87. The first kappa shape index (κ1) is 13.5. The lowest BCUT2D eigenvalue weighted by atomic mass is 9.89. The molecule has 110 valence electrons. The predicted octanol–water partition coefficient (Wildman–Crippen LogP) is 2.46. The van der Waals surface area contributed by atoms with E-state index in [9.17, 15) is 4.39 Å². The third-order valence-corrected chi connectivity index (χ3v) is 3.89. The molecule has 0 aromatic heterocycles. The van der Waals surface area contributed by atoms with Crippen molar-refractivity contribution in [3.8, 4) is 17.2 Å². The van der Waals surface area contributed by atoms with Gasteiger partial charge in [0.05, 0.1) is 20.3 Å². The molecular formula is C15H20FNO3. The van der Waals surface area contributed by atoms with Crippen molar-refractivity contribution < 1.29 is 18.6 Å². The van der Waals surface area contributed by atoms with E-state index < -0.39 is 0 Å². The molecule has 0 bridgehead atoms. The number of rotatable bonds is 2. The van der Waals surface area contributed by atoms with Gasteiger partial charge in [0.25, 0.3) is 0 Å². The highest BCUT2D eigenvalue weighted by Gasteiger charge is 2.29. The summed E-state index contributed by atoms with van der Waals surface area (Å²) >= 11 is 0. The highest BCUT2D eigenvalue weighted by Crippen LogP contribution is 2.46. The average Bonchev–Trinajstić information content (AvgIpc) is 2.71. The Balaban J connectivity index is 2.09. The van der Waals surface area contributed by atoms with E-state index in [4.69, 9.17) is 14.2 Å². The van der Waals surface area contributed by atoms with Gasteiger partial charge in [-0.1, -0.05) is 0 Å². The molecule has 1 saturated heterocycles. The van der Waals surface area contributed by atoms with Crippen LogP contribution in [-0.4, -0.2) is 33.4 Å². The maximum Gasteiger partial charge on any atom is 0.169 e. The van der Waals surface area contributed by atoms with Gasteiger partial charge in [0, 0.05) is 30.5 Å². The van der Waals surface area contributed by atoms with Crippen LogP contribution >= 0.6 is 0 Å². The maximum absolute atomic E-state index is 14.2. The predicted molar refractivity (Wildman–Crippen MR) is 73.4 cm³/mol. The Labute approximate surface area is 118 Å². The zero-order valence-corrected chi connectivity index (χ0v) is 11.7.